The monoisotopic (exact) mass is 362 g/mol. The van der Waals surface area contributed by atoms with Crippen LogP contribution in [0.25, 0.3) is 0 Å². The summed E-state index contributed by atoms with van der Waals surface area (Å²) in [5.74, 6) is 5.76. The van der Waals surface area contributed by atoms with E-state index in [9.17, 15) is 0 Å². The van der Waals surface area contributed by atoms with E-state index < -0.39 is 0 Å². The van der Waals surface area contributed by atoms with Crippen LogP contribution in [0.2, 0.25) is 0 Å². The Morgan fingerprint density at radius 3 is 2.50 bits per heavy atom. The quantitative estimate of drug-likeness (QED) is 0.310. The molecule has 0 aromatic heterocycles. The first-order valence-electron chi connectivity index (χ1n) is 11.7. The first kappa shape index (κ1) is 19.2. The molecule has 4 fully saturated rings. The molecule has 0 aliphatic heterocycles. The average Bonchev–Trinajstić information content (AvgIpc) is 2.98. The minimum Gasteiger partial charge on any atom is -0.240 e. The summed E-state index contributed by atoms with van der Waals surface area (Å²) in [5, 5.41) is 0. The maximum atomic E-state index is 5.19. The summed E-state index contributed by atoms with van der Waals surface area (Å²) in [6.45, 7) is 8.60. The SMILES string of the molecule is COOCCC(C)C1CCC2C3CCC4CCCCC4(C)C3CCC12C. The first-order chi connectivity index (χ1) is 12.5. The minimum absolute atomic E-state index is 0.589. The molecule has 4 aliphatic carbocycles. The van der Waals surface area contributed by atoms with Crippen LogP contribution < -0.4 is 0 Å². The van der Waals surface area contributed by atoms with Crippen molar-refractivity contribution in [1.82, 2.24) is 0 Å². The van der Waals surface area contributed by atoms with Crippen molar-refractivity contribution in [3.63, 3.8) is 0 Å². The van der Waals surface area contributed by atoms with Crippen LogP contribution in [0, 0.1) is 46.3 Å². The third-order valence-electron chi connectivity index (χ3n) is 10.1. The van der Waals surface area contributed by atoms with Gasteiger partial charge in [0.2, 0.25) is 0 Å². The molecule has 26 heavy (non-hydrogen) atoms. The second-order valence-electron chi connectivity index (χ2n) is 10.9. The predicted molar refractivity (Wildman–Crippen MR) is 107 cm³/mol. The first-order valence-corrected chi connectivity index (χ1v) is 11.7. The summed E-state index contributed by atoms with van der Waals surface area (Å²) in [5.41, 5.74) is 1.27. The molecule has 0 N–H and O–H groups in total. The molecule has 0 radical (unpaired) electrons. The molecule has 2 heteroatoms. The fourth-order valence-electron chi connectivity index (χ4n) is 8.79. The van der Waals surface area contributed by atoms with Crippen molar-refractivity contribution >= 4 is 0 Å². The zero-order valence-electron chi connectivity index (χ0n) is 17.8. The molecule has 8 atom stereocenters. The molecule has 2 nitrogen and oxygen atoms in total. The Morgan fingerprint density at radius 1 is 0.885 bits per heavy atom. The van der Waals surface area contributed by atoms with E-state index in [4.69, 9.17) is 9.78 Å². The van der Waals surface area contributed by atoms with Crippen molar-refractivity contribution < 1.29 is 9.78 Å². The molecule has 150 valence electrons. The third kappa shape index (κ3) is 2.98. The number of rotatable bonds is 5. The molecule has 0 heterocycles. The minimum atomic E-state index is 0.589. The highest BCUT2D eigenvalue weighted by molar-refractivity contribution is 5.09. The Hall–Kier alpha value is -0.0800. The van der Waals surface area contributed by atoms with E-state index in [0.29, 0.717) is 10.8 Å². The van der Waals surface area contributed by atoms with E-state index in [1.54, 1.807) is 13.5 Å². The highest BCUT2D eigenvalue weighted by atomic mass is 17.2. The zero-order valence-corrected chi connectivity index (χ0v) is 17.8. The summed E-state index contributed by atoms with van der Waals surface area (Å²) in [6, 6.07) is 0. The summed E-state index contributed by atoms with van der Waals surface area (Å²) >= 11 is 0. The molecule has 4 saturated carbocycles. The van der Waals surface area contributed by atoms with Crippen LogP contribution >= 0.6 is 0 Å². The van der Waals surface area contributed by atoms with Crippen LogP contribution in [-0.2, 0) is 9.78 Å². The molecule has 0 amide bonds. The second kappa shape index (κ2) is 7.39. The zero-order chi connectivity index (χ0) is 18.4. The fraction of sp³-hybridized carbons (Fsp3) is 1.00. The van der Waals surface area contributed by atoms with E-state index in [2.05, 4.69) is 20.8 Å². The van der Waals surface area contributed by atoms with Gasteiger partial charge in [-0.05, 0) is 104 Å². The normalized spacial score (nSPS) is 49.2. The lowest BCUT2D eigenvalue weighted by Crippen LogP contribution is -2.53. The Balaban J connectivity index is 1.49. The van der Waals surface area contributed by atoms with E-state index in [1.807, 2.05) is 0 Å². The standard InChI is InChI=1S/C24H42O2/c1-17(13-16-26-25-4)20-10-11-21-19-9-8-18-7-5-6-14-23(18,2)22(19)12-15-24(20,21)3/h17-22H,5-16H2,1-4H3. The Kier molecular flexibility index (Phi) is 5.47. The Bertz CT molecular complexity index is 491. The van der Waals surface area contributed by atoms with Crippen LogP contribution in [-0.4, -0.2) is 13.7 Å². The molecule has 0 aromatic carbocycles. The van der Waals surface area contributed by atoms with E-state index in [0.717, 1.165) is 48.5 Å². The van der Waals surface area contributed by atoms with Gasteiger partial charge in [-0.2, -0.15) is 0 Å². The van der Waals surface area contributed by atoms with Gasteiger partial charge in [0, 0.05) is 0 Å². The van der Waals surface area contributed by atoms with E-state index in [1.165, 1.54) is 57.8 Å². The van der Waals surface area contributed by atoms with Crippen LogP contribution in [0.5, 0.6) is 0 Å². The van der Waals surface area contributed by atoms with E-state index in [-0.39, 0.29) is 0 Å². The second-order valence-corrected chi connectivity index (χ2v) is 10.9. The Labute approximate surface area is 161 Å². The smallest absolute Gasteiger partial charge is 0.0824 e. The number of hydrogen-bond acceptors (Lipinski definition) is 2. The molecule has 8 unspecified atom stereocenters. The lowest BCUT2D eigenvalue weighted by Gasteiger charge is -2.61. The molecule has 0 spiro atoms. The van der Waals surface area contributed by atoms with Crippen LogP contribution in [0.3, 0.4) is 0 Å². The van der Waals surface area contributed by atoms with Gasteiger partial charge in [-0.25, -0.2) is 9.78 Å². The fourth-order valence-corrected chi connectivity index (χ4v) is 8.79. The van der Waals surface area contributed by atoms with Gasteiger partial charge in [-0.1, -0.05) is 33.6 Å². The summed E-state index contributed by atoms with van der Waals surface area (Å²) in [7, 11) is 1.63. The molecule has 0 bridgehead atoms. The largest absolute Gasteiger partial charge is 0.240 e. The lowest BCUT2D eigenvalue weighted by molar-refractivity contribution is -0.274. The highest BCUT2D eigenvalue weighted by Crippen LogP contribution is 2.68. The molecular formula is C24H42O2. The van der Waals surface area contributed by atoms with Crippen molar-refractivity contribution in [2.24, 2.45) is 46.3 Å². The van der Waals surface area contributed by atoms with Gasteiger partial charge in [0.25, 0.3) is 0 Å². The van der Waals surface area contributed by atoms with Gasteiger partial charge in [-0.3, -0.25) is 0 Å². The molecule has 4 rings (SSSR count). The molecule has 0 aromatic rings. The summed E-state index contributed by atoms with van der Waals surface area (Å²) in [4.78, 5) is 10.0. The van der Waals surface area contributed by atoms with Gasteiger partial charge in [0.1, 0.15) is 0 Å². The number of hydrogen-bond donors (Lipinski definition) is 0. The van der Waals surface area contributed by atoms with Crippen LogP contribution in [0.15, 0.2) is 0 Å². The third-order valence-corrected chi connectivity index (χ3v) is 10.1. The van der Waals surface area contributed by atoms with E-state index >= 15 is 0 Å². The predicted octanol–water partition coefficient (Wildman–Crippen LogP) is 6.64. The van der Waals surface area contributed by atoms with Gasteiger partial charge in [0.15, 0.2) is 0 Å². The van der Waals surface area contributed by atoms with Gasteiger partial charge < -0.3 is 0 Å². The maximum absolute atomic E-state index is 5.19. The van der Waals surface area contributed by atoms with Crippen molar-refractivity contribution in [2.75, 3.05) is 13.7 Å². The average molecular weight is 363 g/mol. The summed E-state index contributed by atoms with van der Waals surface area (Å²) < 4.78 is 0. The van der Waals surface area contributed by atoms with Crippen molar-refractivity contribution in [2.45, 2.75) is 91.4 Å². The number of fused-ring (bicyclic) bond motifs is 5. The maximum Gasteiger partial charge on any atom is 0.0824 e. The van der Waals surface area contributed by atoms with Crippen molar-refractivity contribution in [3.05, 3.63) is 0 Å². The van der Waals surface area contributed by atoms with Crippen molar-refractivity contribution in [3.8, 4) is 0 Å². The Morgan fingerprint density at radius 2 is 1.69 bits per heavy atom. The van der Waals surface area contributed by atoms with Gasteiger partial charge in [0.05, 0.1) is 13.7 Å². The molecule has 4 aliphatic rings. The van der Waals surface area contributed by atoms with Gasteiger partial charge in [-0.15, -0.1) is 0 Å². The molecule has 0 saturated heterocycles. The summed E-state index contributed by atoms with van der Waals surface area (Å²) in [6.07, 6.45) is 16.2. The molecular weight excluding hydrogens is 320 g/mol. The topological polar surface area (TPSA) is 18.5 Å². The highest BCUT2D eigenvalue weighted by Gasteiger charge is 2.59. The lowest BCUT2D eigenvalue weighted by atomic mass is 9.44. The van der Waals surface area contributed by atoms with Crippen molar-refractivity contribution in [1.29, 1.82) is 0 Å². The van der Waals surface area contributed by atoms with Crippen LogP contribution in [0.1, 0.15) is 91.4 Å². The van der Waals surface area contributed by atoms with Gasteiger partial charge >= 0.3 is 0 Å². The van der Waals surface area contributed by atoms with Crippen LogP contribution in [0.4, 0.5) is 0 Å².